The van der Waals surface area contributed by atoms with E-state index in [9.17, 15) is 4.79 Å². The molecule has 4 rings (SSSR count). The minimum atomic E-state index is -0.0836. The zero-order valence-corrected chi connectivity index (χ0v) is 19.8. The van der Waals surface area contributed by atoms with Crippen molar-refractivity contribution in [1.82, 2.24) is 9.80 Å². The first-order valence-electron chi connectivity index (χ1n) is 12.6. The molecule has 4 fully saturated rings. The molecule has 2 aliphatic heterocycles. The summed E-state index contributed by atoms with van der Waals surface area (Å²) in [5, 5.41) is 2.47. The number of fused-ring (bicyclic) bond motifs is 1. The highest BCUT2D eigenvalue weighted by Gasteiger charge is 2.48. The van der Waals surface area contributed by atoms with Crippen LogP contribution >= 0.6 is 0 Å². The van der Waals surface area contributed by atoms with Crippen LogP contribution in [0.1, 0.15) is 57.8 Å². The van der Waals surface area contributed by atoms with Gasteiger partial charge in [0.2, 0.25) is 0 Å². The maximum Gasteiger partial charge on any atom is 0.323 e. The number of ether oxygens (including phenoxy) is 3. The van der Waals surface area contributed by atoms with Crippen LogP contribution in [-0.4, -0.2) is 93.7 Å². The maximum absolute atomic E-state index is 12.6. The Bertz CT molecular complexity index is 575. The predicted molar refractivity (Wildman–Crippen MR) is 119 cm³/mol. The highest BCUT2D eigenvalue weighted by molar-refractivity contribution is 5.75. The molecule has 2 saturated carbocycles. The molecule has 31 heavy (non-hydrogen) atoms. The van der Waals surface area contributed by atoms with Crippen LogP contribution in [0.2, 0.25) is 0 Å². The SMILES string of the molecule is COC(=O)[C@@H]1CC2[NH2+]CN(CC3CCC(OC)CC3)C2CN1CC1CCC(OC)CC1. The van der Waals surface area contributed by atoms with Gasteiger partial charge < -0.3 is 19.5 Å². The number of hydrogen-bond acceptors (Lipinski definition) is 6. The van der Waals surface area contributed by atoms with Crippen LogP contribution < -0.4 is 5.32 Å². The van der Waals surface area contributed by atoms with Gasteiger partial charge in [-0.1, -0.05) is 0 Å². The van der Waals surface area contributed by atoms with Crippen molar-refractivity contribution in [2.45, 2.75) is 88.1 Å². The molecule has 7 heteroatoms. The second kappa shape index (κ2) is 10.9. The van der Waals surface area contributed by atoms with E-state index in [0.717, 1.165) is 44.9 Å². The van der Waals surface area contributed by atoms with E-state index in [0.29, 0.717) is 30.2 Å². The summed E-state index contributed by atoms with van der Waals surface area (Å²) in [6.45, 7) is 4.29. The zero-order chi connectivity index (χ0) is 21.8. The number of methoxy groups -OCH3 is 3. The molecule has 0 amide bonds. The number of rotatable bonds is 7. The van der Waals surface area contributed by atoms with E-state index in [-0.39, 0.29) is 12.0 Å². The van der Waals surface area contributed by atoms with Gasteiger partial charge in [0, 0.05) is 40.3 Å². The third-order valence-electron chi connectivity index (χ3n) is 8.68. The van der Waals surface area contributed by atoms with Crippen molar-refractivity contribution in [2.75, 3.05) is 47.6 Å². The molecule has 0 aromatic heterocycles. The van der Waals surface area contributed by atoms with Gasteiger partial charge >= 0.3 is 5.97 Å². The standard InChI is InChI=1S/C24H43N3O4/c1-29-19-8-4-17(5-9-19)13-26-15-23-21(12-22(26)24(28)31-3)25-16-27(23)14-18-6-10-20(30-2)11-7-18/h17-23,25H,4-16H2,1-3H3/p+1/t17?,18?,19?,20?,21?,22-,23?/m0/s1. The first-order valence-corrected chi connectivity index (χ1v) is 12.6. The van der Waals surface area contributed by atoms with Crippen LogP contribution in [0.3, 0.4) is 0 Å². The molecule has 178 valence electrons. The van der Waals surface area contributed by atoms with Gasteiger partial charge in [0.05, 0.1) is 25.4 Å². The van der Waals surface area contributed by atoms with Gasteiger partial charge in [0.15, 0.2) is 0 Å². The van der Waals surface area contributed by atoms with Crippen molar-refractivity contribution in [1.29, 1.82) is 0 Å². The molecule has 2 unspecified atom stereocenters. The van der Waals surface area contributed by atoms with E-state index in [1.165, 1.54) is 52.2 Å². The van der Waals surface area contributed by atoms with Crippen LogP contribution in [0.25, 0.3) is 0 Å². The Balaban J connectivity index is 1.36. The fourth-order valence-electron chi connectivity index (χ4n) is 6.67. The Kier molecular flexibility index (Phi) is 8.26. The van der Waals surface area contributed by atoms with Gasteiger partial charge in [-0.15, -0.1) is 0 Å². The Hall–Kier alpha value is -0.730. The number of carbonyl (C=O) groups excluding carboxylic acids is 1. The summed E-state index contributed by atoms with van der Waals surface area (Å²) in [4.78, 5) is 17.8. The summed E-state index contributed by atoms with van der Waals surface area (Å²) in [5.74, 6) is 1.40. The van der Waals surface area contributed by atoms with Crippen LogP contribution in [-0.2, 0) is 19.0 Å². The molecule has 2 aliphatic carbocycles. The van der Waals surface area contributed by atoms with Crippen molar-refractivity contribution in [3.8, 4) is 0 Å². The number of esters is 1. The maximum atomic E-state index is 12.6. The highest BCUT2D eigenvalue weighted by Crippen LogP contribution is 2.32. The topological polar surface area (TPSA) is 67.8 Å². The number of nitrogens with zero attached hydrogens (tertiary/aromatic N) is 2. The Morgan fingerprint density at radius 2 is 1.39 bits per heavy atom. The van der Waals surface area contributed by atoms with Crippen LogP contribution in [0.15, 0.2) is 0 Å². The van der Waals surface area contributed by atoms with Gasteiger partial charge in [0.25, 0.3) is 0 Å². The number of nitrogens with two attached hydrogens (primary N) is 1. The molecular weight excluding hydrogens is 394 g/mol. The van der Waals surface area contributed by atoms with Gasteiger partial charge in [-0.3, -0.25) is 9.69 Å². The molecule has 2 N–H and O–H groups in total. The molecule has 4 aliphatic rings. The largest absolute Gasteiger partial charge is 0.468 e. The van der Waals surface area contributed by atoms with Crippen molar-refractivity contribution in [3.05, 3.63) is 0 Å². The average Bonchev–Trinajstić information content (AvgIpc) is 3.20. The smallest absolute Gasteiger partial charge is 0.323 e. The lowest BCUT2D eigenvalue weighted by Gasteiger charge is -2.43. The molecular formula is C24H44N3O4+. The first kappa shape index (κ1) is 23.4. The van der Waals surface area contributed by atoms with Crippen LogP contribution in [0.4, 0.5) is 0 Å². The molecule has 0 bridgehead atoms. The third-order valence-corrected chi connectivity index (χ3v) is 8.68. The highest BCUT2D eigenvalue weighted by atomic mass is 16.5. The molecule has 3 atom stereocenters. The number of quaternary nitrogens is 1. The summed E-state index contributed by atoms with van der Waals surface area (Å²) in [5.41, 5.74) is 0. The van der Waals surface area contributed by atoms with Crippen molar-refractivity contribution < 1.29 is 24.3 Å². The predicted octanol–water partition coefficient (Wildman–Crippen LogP) is 1.22. The molecule has 2 heterocycles. The third kappa shape index (κ3) is 5.61. The second-order valence-electron chi connectivity index (χ2n) is 10.4. The number of hydrogen-bond donors (Lipinski definition) is 1. The Morgan fingerprint density at radius 1 is 0.839 bits per heavy atom. The van der Waals surface area contributed by atoms with Crippen molar-refractivity contribution in [2.24, 2.45) is 11.8 Å². The second-order valence-corrected chi connectivity index (χ2v) is 10.4. The molecule has 0 radical (unpaired) electrons. The lowest BCUT2D eigenvalue weighted by molar-refractivity contribution is -0.678. The summed E-state index contributed by atoms with van der Waals surface area (Å²) in [7, 11) is 5.22. The minimum Gasteiger partial charge on any atom is -0.468 e. The van der Waals surface area contributed by atoms with E-state index in [1.54, 1.807) is 0 Å². The molecule has 0 spiro atoms. The number of piperidine rings is 1. The van der Waals surface area contributed by atoms with E-state index in [1.807, 2.05) is 14.2 Å². The van der Waals surface area contributed by atoms with E-state index in [4.69, 9.17) is 14.2 Å². The van der Waals surface area contributed by atoms with Gasteiger partial charge in [-0.2, -0.15) is 0 Å². The number of carbonyl (C=O) groups is 1. The average molecular weight is 439 g/mol. The zero-order valence-electron chi connectivity index (χ0n) is 19.8. The summed E-state index contributed by atoms with van der Waals surface area (Å²) >= 11 is 0. The van der Waals surface area contributed by atoms with Gasteiger partial charge in [-0.05, 0) is 63.2 Å². The Labute approximate surface area is 188 Å². The van der Waals surface area contributed by atoms with Crippen LogP contribution in [0, 0.1) is 11.8 Å². The monoisotopic (exact) mass is 438 g/mol. The minimum absolute atomic E-state index is 0.0474. The van der Waals surface area contributed by atoms with E-state index < -0.39 is 0 Å². The van der Waals surface area contributed by atoms with Crippen molar-refractivity contribution in [3.63, 3.8) is 0 Å². The fourth-order valence-corrected chi connectivity index (χ4v) is 6.67. The molecule has 2 saturated heterocycles. The van der Waals surface area contributed by atoms with E-state index in [2.05, 4.69) is 15.1 Å². The van der Waals surface area contributed by atoms with Gasteiger partial charge in [-0.25, -0.2) is 4.90 Å². The molecule has 0 aromatic carbocycles. The normalized spacial score (nSPS) is 39.9. The van der Waals surface area contributed by atoms with Gasteiger partial charge in [0.1, 0.15) is 18.8 Å². The Morgan fingerprint density at radius 3 is 1.90 bits per heavy atom. The lowest BCUT2D eigenvalue weighted by Crippen LogP contribution is -2.89. The van der Waals surface area contributed by atoms with E-state index >= 15 is 0 Å². The van der Waals surface area contributed by atoms with Crippen LogP contribution in [0.5, 0.6) is 0 Å². The quantitative estimate of drug-likeness (QED) is 0.603. The lowest BCUT2D eigenvalue weighted by atomic mass is 9.84. The summed E-state index contributed by atoms with van der Waals surface area (Å²) < 4.78 is 16.3. The fraction of sp³-hybridized carbons (Fsp3) is 0.958. The molecule has 0 aromatic rings. The summed E-state index contributed by atoms with van der Waals surface area (Å²) in [6.07, 6.45) is 11.5. The van der Waals surface area contributed by atoms with Crippen molar-refractivity contribution >= 4 is 5.97 Å². The molecule has 7 nitrogen and oxygen atoms in total. The summed E-state index contributed by atoms with van der Waals surface area (Å²) in [6, 6.07) is 0.982. The number of likely N-dealkylation sites (tertiary alicyclic amines) is 1. The first-order chi connectivity index (χ1) is 15.1.